The SMILES string of the molecule is NS(=O)(=O)c1ccn2c1C(=O)OCC2. The molecule has 0 amide bonds. The van der Waals surface area contributed by atoms with Gasteiger partial charge in [0.2, 0.25) is 10.0 Å². The van der Waals surface area contributed by atoms with Crippen molar-refractivity contribution >= 4 is 16.0 Å². The van der Waals surface area contributed by atoms with Crippen LogP contribution in [0.25, 0.3) is 0 Å². The summed E-state index contributed by atoms with van der Waals surface area (Å²) < 4.78 is 28.4. The summed E-state index contributed by atoms with van der Waals surface area (Å²) in [6.45, 7) is 0.709. The van der Waals surface area contributed by atoms with Crippen LogP contribution in [-0.4, -0.2) is 25.6 Å². The number of aromatic nitrogens is 1. The van der Waals surface area contributed by atoms with Crippen molar-refractivity contribution in [3.63, 3.8) is 0 Å². The molecule has 2 rings (SSSR count). The van der Waals surface area contributed by atoms with Gasteiger partial charge in [-0.2, -0.15) is 0 Å². The minimum absolute atomic E-state index is 0.0127. The minimum atomic E-state index is -3.86. The second kappa shape index (κ2) is 2.82. The number of fused-ring (bicyclic) bond motifs is 1. The van der Waals surface area contributed by atoms with E-state index in [9.17, 15) is 13.2 Å². The molecule has 1 aliphatic heterocycles. The Morgan fingerprint density at radius 2 is 2.21 bits per heavy atom. The van der Waals surface area contributed by atoms with E-state index >= 15 is 0 Å². The maximum Gasteiger partial charge on any atom is 0.356 e. The van der Waals surface area contributed by atoms with Gasteiger partial charge in [0.05, 0.1) is 6.54 Å². The Kier molecular flexibility index (Phi) is 1.86. The lowest BCUT2D eigenvalue weighted by Crippen LogP contribution is -2.25. The third-order valence-electron chi connectivity index (χ3n) is 1.99. The number of nitrogens with zero attached hydrogens (tertiary/aromatic N) is 1. The van der Waals surface area contributed by atoms with Crippen LogP contribution in [0, 0.1) is 0 Å². The second-order valence-corrected chi connectivity index (χ2v) is 4.43. The van der Waals surface area contributed by atoms with Crippen molar-refractivity contribution in [3.8, 4) is 0 Å². The highest BCUT2D eigenvalue weighted by Crippen LogP contribution is 2.19. The molecule has 0 radical (unpaired) electrons. The summed E-state index contributed by atoms with van der Waals surface area (Å²) in [7, 11) is -3.86. The first-order chi connectivity index (χ1) is 6.50. The molecule has 0 atom stereocenters. The van der Waals surface area contributed by atoms with Crippen LogP contribution < -0.4 is 5.14 Å². The second-order valence-electron chi connectivity index (χ2n) is 2.90. The van der Waals surface area contributed by atoms with Gasteiger partial charge in [0.15, 0.2) is 0 Å². The molecule has 1 aromatic rings. The Morgan fingerprint density at radius 3 is 2.86 bits per heavy atom. The van der Waals surface area contributed by atoms with Crippen LogP contribution in [0.2, 0.25) is 0 Å². The Labute approximate surface area is 80.3 Å². The monoisotopic (exact) mass is 216 g/mol. The summed E-state index contributed by atoms with van der Waals surface area (Å²) in [5.41, 5.74) is 0.0127. The molecule has 0 aromatic carbocycles. The van der Waals surface area contributed by atoms with Gasteiger partial charge in [-0.3, -0.25) is 0 Å². The first-order valence-electron chi connectivity index (χ1n) is 3.89. The molecule has 0 aliphatic carbocycles. The summed E-state index contributed by atoms with van der Waals surface area (Å²) in [6, 6.07) is 1.30. The highest BCUT2D eigenvalue weighted by atomic mass is 32.2. The van der Waals surface area contributed by atoms with Crippen LogP contribution >= 0.6 is 0 Å². The molecule has 76 valence electrons. The lowest BCUT2D eigenvalue weighted by Gasteiger charge is -2.15. The van der Waals surface area contributed by atoms with Gasteiger partial charge >= 0.3 is 5.97 Å². The lowest BCUT2D eigenvalue weighted by molar-refractivity contribution is 0.0416. The molecule has 1 aliphatic rings. The van der Waals surface area contributed by atoms with E-state index in [0.717, 1.165) is 0 Å². The van der Waals surface area contributed by atoms with Crippen LogP contribution in [0.15, 0.2) is 17.2 Å². The van der Waals surface area contributed by atoms with Crippen LogP contribution in [0.5, 0.6) is 0 Å². The molecule has 7 heteroatoms. The van der Waals surface area contributed by atoms with E-state index in [1.807, 2.05) is 0 Å². The average Bonchev–Trinajstić information content (AvgIpc) is 2.47. The van der Waals surface area contributed by atoms with Gasteiger partial charge in [0.1, 0.15) is 17.2 Å². The Hall–Kier alpha value is -1.34. The lowest BCUT2D eigenvalue weighted by atomic mass is 10.4. The number of hydrogen-bond donors (Lipinski definition) is 1. The fourth-order valence-corrected chi connectivity index (χ4v) is 2.11. The molecule has 0 saturated carbocycles. The zero-order valence-corrected chi connectivity index (χ0v) is 7.95. The van der Waals surface area contributed by atoms with Crippen molar-refractivity contribution in [1.82, 2.24) is 4.57 Å². The predicted molar refractivity (Wildman–Crippen MR) is 46.1 cm³/mol. The quantitative estimate of drug-likeness (QED) is 0.629. The number of rotatable bonds is 1. The first-order valence-corrected chi connectivity index (χ1v) is 5.44. The van der Waals surface area contributed by atoms with Crippen LogP contribution in [0.3, 0.4) is 0 Å². The van der Waals surface area contributed by atoms with Crippen LogP contribution in [0.1, 0.15) is 10.5 Å². The number of esters is 1. The maximum absolute atomic E-state index is 11.3. The van der Waals surface area contributed by atoms with Crippen molar-refractivity contribution in [2.24, 2.45) is 5.14 Å². The van der Waals surface area contributed by atoms with E-state index in [1.54, 1.807) is 0 Å². The summed E-state index contributed by atoms with van der Waals surface area (Å²) in [6.07, 6.45) is 1.51. The molecule has 14 heavy (non-hydrogen) atoms. The molecule has 0 bridgehead atoms. The molecule has 2 N–H and O–H groups in total. The van der Waals surface area contributed by atoms with Crippen LogP contribution in [0.4, 0.5) is 0 Å². The first kappa shape index (κ1) is 9.22. The third-order valence-corrected chi connectivity index (χ3v) is 2.93. The normalized spacial score (nSPS) is 16.2. The van der Waals surface area contributed by atoms with Crippen molar-refractivity contribution in [3.05, 3.63) is 18.0 Å². The van der Waals surface area contributed by atoms with Crippen molar-refractivity contribution in [2.75, 3.05) is 6.61 Å². The molecule has 6 nitrogen and oxygen atoms in total. The van der Waals surface area contributed by atoms with Crippen molar-refractivity contribution in [1.29, 1.82) is 0 Å². The van der Waals surface area contributed by atoms with E-state index in [-0.39, 0.29) is 17.2 Å². The molecule has 0 unspecified atom stereocenters. The molecule has 2 heterocycles. The third kappa shape index (κ3) is 1.30. The number of carbonyl (C=O) groups excluding carboxylic acids is 1. The van der Waals surface area contributed by atoms with Gasteiger partial charge < -0.3 is 9.30 Å². The number of carbonyl (C=O) groups is 1. The zero-order valence-electron chi connectivity index (χ0n) is 7.13. The average molecular weight is 216 g/mol. The number of cyclic esters (lactones) is 1. The fourth-order valence-electron chi connectivity index (χ4n) is 1.39. The van der Waals surface area contributed by atoms with E-state index in [1.165, 1.54) is 16.8 Å². The number of nitrogens with two attached hydrogens (primary N) is 1. The minimum Gasteiger partial charge on any atom is -0.459 e. The summed E-state index contributed by atoms with van der Waals surface area (Å²) in [5, 5.41) is 4.94. The summed E-state index contributed by atoms with van der Waals surface area (Å²) in [4.78, 5) is 11.1. The summed E-state index contributed by atoms with van der Waals surface area (Å²) in [5.74, 6) is -0.648. The molecule has 1 aromatic heterocycles. The molecule has 0 spiro atoms. The zero-order chi connectivity index (χ0) is 10.3. The van der Waals surface area contributed by atoms with Gasteiger partial charge in [-0.25, -0.2) is 18.4 Å². The predicted octanol–water partition coefficient (Wildman–Crippen LogP) is -0.694. The Bertz CT molecular complexity index is 488. The van der Waals surface area contributed by atoms with Gasteiger partial charge in [-0.05, 0) is 6.07 Å². The van der Waals surface area contributed by atoms with Gasteiger partial charge in [0.25, 0.3) is 0 Å². The highest BCUT2D eigenvalue weighted by Gasteiger charge is 2.27. The molecular weight excluding hydrogens is 208 g/mol. The fraction of sp³-hybridized carbons (Fsp3) is 0.286. The topological polar surface area (TPSA) is 91.4 Å². The number of hydrogen-bond acceptors (Lipinski definition) is 4. The van der Waals surface area contributed by atoms with E-state index in [0.29, 0.717) is 6.54 Å². The van der Waals surface area contributed by atoms with E-state index in [2.05, 4.69) is 0 Å². The van der Waals surface area contributed by atoms with Crippen molar-refractivity contribution < 1.29 is 17.9 Å². The molecular formula is C7H8N2O4S. The maximum atomic E-state index is 11.3. The highest BCUT2D eigenvalue weighted by molar-refractivity contribution is 7.89. The van der Waals surface area contributed by atoms with Gasteiger partial charge in [-0.15, -0.1) is 0 Å². The van der Waals surface area contributed by atoms with E-state index in [4.69, 9.17) is 9.88 Å². The Balaban J connectivity index is 2.66. The number of ether oxygens (including phenoxy) is 1. The van der Waals surface area contributed by atoms with Gasteiger partial charge in [0, 0.05) is 6.20 Å². The number of sulfonamides is 1. The van der Waals surface area contributed by atoms with Gasteiger partial charge in [-0.1, -0.05) is 0 Å². The summed E-state index contributed by atoms with van der Waals surface area (Å²) >= 11 is 0. The Morgan fingerprint density at radius 1 is 1.50 bits per heavy atom. The molecule has 0 fully saturated rings. The number of primary sulfonamides is 1. The van der Waals surface area contributed by atoms with Crippen molar-refractivity contribution in [2.45, 2.75) is 11.4 Å². The standard InChI is InChI=1S/C7H8N2O4S/c8-14(11,12)5-1-2-9-3-4-13-7(10)6(5)9/h1-2H,3-4H2,(H2,8,11,12). The smallest absolute Gasteiger partial charge is 0.356 e. The largest absolute Gasteiger partial charge is 0.459 e. The van der Waals surface area contributed by atoms with Crippen LogP contribution in [-0.2, 0) is 21.3 Å². The molecule has 0 saturated heterocycles. The van der Waals surface area contributed by atoms with E-state index < -0.39 is 16.0 Å².